The average molecular weight is 223 g/mol. The van der Waals surface area contributed by atoms with Crippen LogP contribution in [0.15, 0.2) is 12.4 Å². The molecule has 0 aliphatic rings. The van der Waals surface area contributed by atoms with Crippen molar-refractivity contribution in [2.75, 3.05) is 11.9 Å². The lowest BCUT2D eigenvalue weighted by molar-refractivity contribution is -0.138. The van der Waals surface area contributed by atoms with Gasteiger partial charge >= 0.3 is 5.97 Å². The van der Waals surface area contributed by atoms with Gasteiger partial charge in [-0.2, -0.15) is 0 Å². The molecule has 0 radical (unpaired) electrons. The lowest BCUT2D eigenvalue weighted by atomic mass is 10.0. The molecule has 1 rings (SSSR count). The second kappa shape index (κ2) is 6.05. The number of aliphatic carboxylic acids is 1. The zero-order valence-corrected chi connectivity index (χ0v) is 9.60. The third kappa shape index (κ3) is 3.84. The lowest BCUT2D eigenvalue weighted by Gasteiger charge is -2.14. The molecule has 0 aromatic carbocycles. The quantitative estimate of drug-likeness (QED) is 0.767. The molecule has 1 aromatic rings. The van der Waals surface area contributed by atoms with Gasteiger partial charge in [0.2, 0.25) is 0 Å². The van der Waals surface area contributed by atoms with Crippen molar-refractivity contribution in [1.82, 2.24) is 9.97 Å². The first-order valence-corrected chi connectivity index (χ1v) is 5.36. The summed E-state index contributed by atoms with van der Waals surface area (Å²) in [5.41, 5.74) is 0.827. The van der Waals surface area contributed by atoms with Crippen LogP contribution in [0.25, 0.3) is 0 Å². The highest BCUT2D eigenvalue weighted by atomic mass is 16.4. The minimum Gasteiger partial charge on any atom is -0.481 e. The number of aromatic nitrogens is 2. The van der Waals surface area contributed by atoms with Crippen molar-refractivity contribution in [3.05, 3.63) is 18.1 Å². The number of anilines is 1. The molecule has 1 heterocycles. The van der Waals surface area contributed by atoms with Crippen LogP contribution in [0, 0.1) is 12.8 Å². The Bertz CT molecular complexity index is 355. The van der Waals surface area contributed by atoms with E-state index in [1.54, 1.807) is 12.4 Å². The van der Waals surface area contributed by atoms with Gasteiger partial charge in [-0.15, -0.1) is 0 Å². The Morgan fingerprint density at radius 2 is 2.19 bits per heavy atom. The van der Waals surface area contributed by atoms with Crippen molar-refractivity contribution in [1.29, 1.82) is 0 Å². The molecule has 1 atom stereocenters. The summed E-state index contributed by atoms with van der Waals surface area (Å²) in [4.78, 5) is 18.8. The summed E-state index contributed by atoms with van der Waals surface area (Å²) in [7, 11) is 0. The number of carbonyl (C=O) groups is 1. The summed E-state index contributed by atoms with van der Waals surface area (Å²) in [5.74, 6) is 0.0924. The Hall–Kier alpha value is -1.65. The van der Waals surface area contributed by atoms with E-state index in [1.165, 1.54) is 0 Å². The molecule has 0 amide bonds. The maximum absolute atomic E-state index is 10.6. The number of hydrogen-bond acceptors (Lipinski definition) is 4. The van der Waals surface area contributed by atoms with Gasteiger partial charge in [-0.25, -0.2) is 4.98 Å². The van der Waals surface area contributed by atoms with Crippen LogP contribution in [-0.4, -0.2) is 27.6 Å². The first kappa shape index (κ1) is 12.4. The first-order chi connectivity index (χ1) is 7.63. The van der Waals surface area contributed by atoms with Crippen LogP contribution in [-0.2, 0) is 4.79 Å². The standard InChI is InChI=1S/C11H17N3O2/c1-3-9(6-10(15)16)7-14-11-8(2)12-4-5-13-11/h4-5,9H,3,6-7H2,1-2H3,(H,13,14)(H,15,16). The highest BCUT2D eigenvalue weighted by Crippen LogP contribution is 2.11. The molecular formula is C11H17N3O2. The molecule has 0 aliphatic heterocycles. The van der Waals surface area contributed by atoms with Gasteiger partial charge in [-0.3, -0.25) is 9.78 Å². The van der Waals surface area contributed by atoms with E-state index in [-0.39, 0.29) is 12.3 Å². The second-order valence-corrected chi connectivity index (χ2v) is 3.74. The molecule has 5 heteroatoms. The van der Waals surface area contributed by atoms with Gasteiger partial charge in [0.05, 0.1) is 5.69 Å². The van der Waals surface area contributed by atoms with Gasteiger partial charge in [-0.05, 0) is 12.8 Å². The Balaban J connectivity index is 2.49. The maximum Gasteiger partial charge on any atom is 0.303 e. The Kier molecular flexibility index (Phi) is 4.69. The zero-order valence-electron chi connectivity index (χ0n) is 9.60. The minimum absolute atomic E-state index is 0.124. The molecule has 0 spiro atoms. The lowest BCUT2D eigenvalue weighted by Crippen LogP contribution is -2.18. The molecule has 0 aliphatic carbocycles. The number of nitrogens with one attached hydrogen (secondary N) is 1. The minimum atomic E-state index is -0.760. The maximum atomic E-state index is 10.6. The van der Waals surface area contributed by atoms with Crippen molar-refractivity contribution in [2.45, 2.75) is 26.7 Å². The molecule has 2 N–H and O–H groups in total. The van der Waals surface area contributed by atoms with Crippen molar-refractivity contribution >= 4 is 11.8 Å². The van der Waals surface area contributed by atoms with E-state index in [2.05, 4.69) is 15.3 Å². The van der Waals surface area contributed by atoms with Crippen LogP contribution in [0.5, 0.6) is 0 Å². The van der Waals surface area contributed by atoms with Crippen LogP contribution in [0.3, 0.4) is 0 Å². The van der Waals surface area contributed by atoms with Gasteiger partial charge in [0.15, 0.2) is 0 Å². The molecule has 0 saturated carbocycles. The molecule has 1 aromatic heterocycles. The van der Waals surface area contributed by atoms with E-state index in [0.29, 0.717) is 6.54 Å². The predicted octanol–water partition coefficient (Wildman–Crippen LogP) is 1.70. The van der Waals surface area contributed by atoms with Gasteiger partial charge < -0.3 is 10.4 Å². The topological polar surface area (TPSA) is 75.1 Å². The fraction of sp³-hybridized carbons (Fsp3) is 0.545. The van der Waals surface area contributed by atoms with Crippen LogP contribution >= 0.6 is 0 Å². The number of nitrogens with zero attached hydrogens (tertiary/aromatic N) is 2. The fourth-order valence-electron chi connectivity index (χ4n) is 1.43. The molecule has 1 unspecified atom stereocenters. The van der Waals surface area contributed by atoms with Crippen LogP contribution in [0.1, 0.15) is 25.5 Å². The zero-order chi connectivity index (χ0) is 12.0. The summed E-state index contributed by atoms with van der Waals surface area (Å²) in [5, 5.41) is 11.8. The number of aryl methyl sites for hydroxylation is 1. The summed E-state index contributed by atoms with van der Waals surface area (Å²) in [6, 6.07) is 0. The Labute approximate surface area is 94.9 Å². The smallest absolute Gasteiger partial charge is 0.303 e. The molecular weight excluding hydrogens is 206 g/mol. The number of rotatable bonds is 6. The monoisotopic (exact) mass is 223 g/mol. The van der Waals surface area contributed by atoms with E-state index in [4.69, 9.17) is 5.11 Å². The fourth-order valence-corrected chi connectivity index (χ4v) is 1.43. The third-order valence-corrected chi connectivity index (χ3v) is 2.48. The van der Waals surface area contributed by atoms with Crippen molar-refractivity contribution in [3.8, 4) is 0 Å². The number of carboxylic acids is 1. The molecule has 0 saturated heterocycles. The summed E-state index contributed by atoms with van der Waals surface area (Å²) in [6.45, 7) is 4.47. The first-order valence-electron chi connectivity index (χ1n) is 5.36. The predicted molar refractivity (Wildman–Crippen MR) is 61.3 cm³/mol. The van der Waals surface area contributed by atoms with Gasteiger partial charge in [0.1, 0.15) is 5.82 Å². The van der Waals surface area contributed by atoms with E-state index < -0.39 is 5.97 Å². The summed E-state index contributed by atoms with van der Waals surface area (Å²) >= 11 is 0. The summed E-state index contributed by atoms with van der Waals surface area (Å²) in [6.07, 6.45) is 4.27. The average Bonchev–Trinajstić information content (AvgIpc) is 2.25. The van der Waals surface area contributed by atoms with Gasteiger partial charge in [0.25, 0.3) is 0 Å². The van der Waals surface area contributed by atoms with Gasteiger partial charge in [0, 0.05) is 25.4 Å². The van der Waals surface area contributed by atoms with E-state index in [9.17, 15) is 4.79 Å². The Morgan fingerprint density at radius 1 is 1.50 bits per heavy atom. The SMILES string of the molecule is CCC(CNc1nccnc1C)CC(=O)O. The molecule has 0 bridgehead atoms. The normalized spacial score (nSPS) is 12.1. The second-order valence-electron chi connectivity index (χ2n) is 3.74. The van der Waals surface area contributed by atoms with E-state index >= 15 is 0 Å². The Morgan fingerprint density at radius 3 is 2.75 bits per heavy atom. The van der Waals surface area contributed by atoms with Crippen molar-refractivity contribution in [2.24, 2.45) is 5.92 Å². The van der Waals surface area contributed by atoms with Crippen LogP contribution < -0.4 is 5.32 Å². The van der Waals surface area contributed by atoms with E-state index in [1.807, 2.05) is 13.8 Å². The highest BCUT2D eigenvalue weighted by molar-refractivity contribution is 5.67. The highest BCUT2D eigenvalue weighted by Gasteiger charge is 2.11. The van der Waals surface area contributed by atoms with Crippen molar-refractivity contribution in [3.63, 3.8) is 0 Å². The summed E-state index contributed by atoms with van der Waals surface area (Å²) < 4.78 is 0. The van der Waals surface area contributed by atoms with E-state index in [0.717, 1.165) is 17.9 Å². The van der Waals surface area contributed by atoms with Crippen molar-refractivity contribution < 1.29 is 9.90 Å². The van der Waals surface area contributed by atoms with Crippen LogP contribution in [0.4, 0.5) is 5.82 Å². The van der Waals surface area contributed by atoms with Crippen LogP contribution in [0.2, 0.25) is 0 Å². The molecule has 0 fully saturated rings. The molecule has 5 nitrogen and oxygen atoms in total. The third-order valence-electron chi connectivity index (χ3n) is 2.48. The molecule has 16 heavy (non-hydrogen) atoms. The number of carboxylic acid groups (broad SMARTS) is 1. The van der Waals surface area contributed by atoms with Gasteiger partial charge in [-0.1, -0.05) is 13.3 Å². The largest absolute Gasteiger partial charge is 0.481 e. The number of hydrogen-bond donors (Lipinski definition) is 2. The molecule has 88 valence electrons.